The molecule has 5 heteroatoms. The molecule has 12 aromatic rings. The Morgan fingerprint density at radius 2 is 0.600 bits per heavy atom. The van der Waals surface area contributed by atoms with Gasteiger partial charge in [-0.1, -0.05) is 133 Å². The van der Waals surface area contributed by atoms with Crippen molar-refractivity contribution in [2.75, 3.05) is 0 Å². The van der Waals surface area contributed by atoms with Gasteiger partial charge in [0, 0.05) is 39.9 Å². The highest BCUT2D eigenvalue weighted by Crippen LogP contribution is 2.42. The summed E-state index contributed by atoms with van der Waals surface area (Å²) in [6, 6.07) is 66.6. The van der Waals surface area contributed by atoms with Gasteiger partial charge in [-0.3, -0.25) is 9.97 Å². The maximum atomic E-state index is 5.28. The van der Waals surface area contributed by atoms with E-state index in [0.29, 0.717) is 17.5 Å². The van der Waals surface area contributed by atoms with E-state index in [1.54, 1.807) is 0 Å². The molecule has 0 saturated heterocycles. The largest absolute Gasteiger partial charge is 0.255 e. The molecule has 5 nitrogen and oxygen atoms in total. The van der Waals surface area contributed by atoms with Crippen LogP contribution in [0, 0.1) is 0 Å². The zero-order valence-electron chi connectivity index (χ0n) is 32.3. The first-order valence-corrected chi connectivity index (χ1v) is 20.1. The van der Waals surface area contributed by atoms with Crippen LogP contribution in [0.25, 0.3) is 121 Å². The molecule has 0 spiro atoms. The van der Waals surface area contributed by atoms with Crippen molar-refractivity contribution in [1.29, 1.82) is 0 Å². The van der Waals surface area contributed by atoms with Gasteiger partial charge < -0.3 is 0 Å². The van der Waals surface area contributed by atoms with Gasteiger partial charge in [0.2, 0.25) is 0 Å². The number of para-hydroxylation sites is 2. The van der Waals surface area contributed by atoms with Crippen LogP contribution in [0.15, 0.2) is 200 Å². The summed E-state index contributed by atoms with van der Waals surface area (Å²) in [4.78, 5) is 25.3. The highest BCUT2D eigenvalue weighted by molar-refractivity contribution is 6.16. The first-order valence-electron chi connectivity index (χ1n) is 20.1. The van der Waals surface area contributed by atoms with Crippen molar-refractivity contribution < 1.29 is 0 Å². The van der Waals surface area contributed by atoms with Crippen molar-refractivity contribution >= 4 is 64.9 Å². The lowest BCUT2D eigenvalue weighted by Gasteiger charge is -2.16. The summed E-state index contributed by atoms with van der Waals surface area (Å²) in [6.07, 6.45) is 3.71. The molecule has 0 fully saturated rings. The minimum Gasteiger partial charge on any atom is -0.255 e. The van der Waals surface area contributed by atoms with Crippen LogP contribution in [0.1, 0.15) is 0 Å². The molecule has 0 bridgehead atoms. The SMILES string of the molecule is c1ccc2ncc(-c3nc(-c4cc(-c5cc6ccccc6c6ccccc56)cc(-c5cc6ccccc6c6ccccc56)c4)nc(-c4cnc5ccccc5c4)n3)cc2c1. The first-order chi connectivity index (χ1) is 29.7. The number of pyridine rings is 2. The van der Waals surface area contributed by atoms with Crippen molar-refractivity contribution in [2.24, 2.45) is 0 Å². The lowest BCUT2D eigenvalue weighted by molar-refractivity contribution is 1.07. The summed E-state index contributed by atoms with van der Waals surface area (Å²) >= 11 is 0. The molecule has 3 aromatic heterocycles. The molecule has 0 aliphatic rings. The van der Waals surface area contributed by atoms with Crippen LogP contribution in [0.5, 0.6) is 0 Å². The minimum atomic E-state index is 0.542. The number of nitrogens with zero attached hydrogens (tertiary/aromatic N) is 5. The predicted octanol–water partition coefficient (Wildman–Crippen LogP) is 13.9. The average molecular weight is 764 g/mol. The second kappa shape index (κ2) is 13.8. The van der Waals surface area contributed by atoms with Crippen molar-refractivity contribution in [3.8, 4) is 56.4 Å². The molecule has 0 saturated carbocycles. The number of hydrogen-bond acceptors (Lipinski definition) is 5. The van der Waals surface area contributed by atoms with Crippen LogP contribution in [-0.2, 0) is 0 Å². The van der Waals surface area contributed by atoms with E-state index >= 15 is 0 Å². The maximum Gasteiger partial charge on any atom is 0.165 e. The van der Waals surface area contributed by atoms with Crippen molar-refractivity contribution in [2.45, 2.75) is 0 Å². The molecule has 0 aliphatic carbocycles. The fourth-order valence-electron chi connectivity index (χ4n) is 8.80. The van der Waals surface area contributed by atoms with Gasteiger partial charge in [0.25, 0.3) is 0 Å². The molecule has 278 valence electrons. The van der Waals surface area contributed by atoms with E-state index < -0.39 is 0 Å². The Morgan fingerprint density at radius 1 is 0.250 bits per heavy atom. The Balaban J connectivity index is 1.16. The van der Waals surface area contributed by atoms with Gasteiger partial charge in [-0.25, -0.2) is 15.0 Å². The number of benzene rings is 9. The lowest BCUT2D eigenvalue weighted by Crippen LogP contribution is -2.01. The zero-order chi connectivity index (χ0) is 39.6. The van der Waals surface area contributed by atoms with Crippen LogP contribution in [0.4, 0.5) is 0 Å². The van der Waals surface area contributed by atoms with E-state index in [1.165, 1.54) is 43.1 Å². The van der Waals surface area contributed by atoms with E-state index in [9.17, 15) is 0 Å². The molecule has 60 heavy (non-hydrogen) atoms. The molecule has 9 aromatic carbocycles. The molecule has 0 N–H and O–H groups in total. The Hall–Kier alpha value is -8.15. The number of fused-ring (bicyclic) bond motifs is 8. The summed E-state index contributed by atoms with van der Waals surface area (Å²) in [6.45, 7) is 0. The van der Waals surface area contributed by atoms with Gasteiger partial charge in [0.05, 0.1) is 11.0 Å². The Kier molecular flexibility index (Phi) is 7.78. The third kappa shape index (κ3) is 5.75. The highest BCUT2D eigenvalue weighted by atomic mass is 15.0. The summed E-state index contributed by atoms with van der Waals surface area (Å²) in [5, 5.41) is 11.7. The summed E-state index contributed by atoms with van der Waals surface area (Å²) in [7, 11) is 0. The van der Waals surface area contributed by atoms with Crippen molar-refractivity contribution in [3.05, 3.63) is 200 Å². The Bertz CT molecular complexity index is 3450. The molecule has 0 amide bonds. The third-order valence-corrected chi connectivity index (χ3v) is 11.7. The molecular weight excluding hydrogens is 731 g/mol. The fourth-order valence-corrected chi connectivity index (χ4v) is 8.80. The van der Waals surface area contributed by atoms with Gasteiger partial charge in [0.15, 0.2) is 17.5 Å². The zero-order valence-corrected chi connectivity index (χ0v) is 32.3. The maximum absolute atomic E-state index is 5.28. The molecule has 12 rings (SSSR count). The minimum absolute atomic E-state index is 0.542. The average Bonchev–Trinajstić information content (AvgIpc) is 3.33. The van der Waals surface area contributed by atoms with Crippen LogP contribution >= 0.6 is 0 Å². The van der Waals surface area contributed by atoms with E-state index in [-0.39, 0.29) is 0 Å². The number of hydrogen-bond donors (Lipinski definition) is 0. The second-order valence-corrected chi connectivity index (χ2v) is 15.3. The van der Waals surface area contributed by atoms with Gasteiger partial charge in [-0.15, -0.1) is 0 Å². The second-order valence-electron chi connectivity index (χ2n) is 15.3. The number of rotatable bonds is 5. The monoisotopic (exact) mass is 763 g/mol. The molecule has 0 aliphatic heterocycles. The molecule has 3 heterocycles. The molecular formula is C55H33N5. The summed E-state index contributed by atoms with van der Waals surface area (Å²) in [5.41, 5.74) is 8.76. The van der Waals surface area contributed by atoms with Gasteiger partial charge in [0.1, 0.15) is 0 Å². The molecule has 0 radical (unpaired) electrons. The van der Waals surface area contributed by atoms with Crippen molar-refractivity contribution in [1.82, 2.24) is 24.9 Å². The van der Waals surface area contributed by atoms with E-state index in [0.717, 1.165) is 60.8 Å². The Morgan fingerprint density at radius 3 is 1.07 bits per heavy atom. The van der Waals surface area contributed by atoms with Crippen LogP contribution in [0.2, 0.25) is 0 Å². The lowest BCUT2D eigenvalue weighted by atomic mass is 9.88. The van der Waals surface area contributed by atoms with E-state index in [1.807, 2.05) is 48.8 Å². The van der Waals surface area contributed by atoms with Gasteiger partial charge in [-0.05, 0) is 120 Å². The predicted molar refractivity (Wildman–Crippen MR) is 248 cm³/mol. The van der Waals surface area contributed by atoms with Crippen LogP contribution in [0.3, 0.4) is 0 Å². The molecule has 0 unspecified atom stereocenters. The summed E-state index contributed by atoms with van der Waals surface area (Å²) in [5.74, 6) is 1.65. The highest BCUT2D eigenvalue weighted by Gasteiger charge is 2.19. The first kappa shape index (κ1) is 33.9. The number of aromatic nitrogens is 5. The fraction of sp³-hybridized carbons (Fsp3) is 0. The van der Waals surface area contributed by atoms with Crippen molar-refractivity contribution in [3.63, 3.8) is 0 Å². The Labute approximate surface area is 345 Å². The van der Waals surface area contributed by atoms with Gasteiger partial charge >= 0.3 is 0 Å². The quantitative estimate of drug-likeness (QED) is 0.163. The topological polar surface area (TPSA) is 64.5 Å². The van der Waals surface area contributed by atoms with Gasteiger partial charge in [-0.2, -0.15) is 0 Å². The summed E-state index contributed by atoms with van der Waals surface area (Å²) < 4.78 is 0. The standard InChI is InChI=1S/C55H33N5/c1-5-17-43-34(13-1)30-49(47-21-9-7-19-45(43)47)38-27-39(50-31-35-14-2-6-18-44(35)46-20-8-10-22-48(46)50)29-40(28-38)53-58-54(41-25-36-15-3-11-23-51(36)56-32-41)60-55(59-53)42-26-37-16-4-12-24-52(37)57-33-42/h1-33H. The van der Waals surface area contributed by atoms with Crippen LogP contribution < -0.4 is 0 Å². The smallest absolute Gasteiger partial charge is 0.165 e. The molecule has 0 atom stereocenters. The van der Waals surface area contributed by atoms with Crippen LogP contribution in [-0.4, -0.2) is 24.9 Å². The van der Waals surface area contributed by atoms with E-state index in [2.05, 4.69) is 152 Å². The van der Waals surface area contributed by atoms with E-state index in [4.69, 9.17) is 24.9 Å². The normalized spacial score (nSPS) is 11.7. The third-order valence-electron chi connectivity index (χ3n) is 11.7.